The third-order valence-electron chi connectivity index (χ3n) is 3.58. The monoisotopic (exact) mass is 266 g/mol. The van der Waals surface area contributed by atoms with Gasteiger partial charge >= 0.3 is 0 Å². The second-order valence-corrected chi connectivity index (χ2v) is 5.72. The highest BCUT2D eigenvalue weighted by atomic mass is 16.5. The summed E-state index contributed by atoms with van der Waals surface area (Å²) in [7, 11) is 1.77. The van der Waals surface area contributed by atoms with Crippen molar-refractivity contribution in [2.75, 3.05) is 13.7 Å². The van der Waals surface area contributed by atoms with Crippen molar-refractivity contribution in [1.29, 1.82) is 0 Å². The molecule has 0 saturated carbocycles. The van der Waals surface area contributed by atoms with Crippen LogP contribution in [0.15, 0.2) is 10.6 Å². The molecule has 2 heterocycles. The van der Waals surface area contributed by atoms with E-state index in [2.05, 4.69) is 19.0 Å². The zero-order valence-electron chi connectivity index (χ0n) is 12.1. The Hall–Kier alpha value is -1.36. The second kappa shape index (κ2) is 5.33. The number of amides is 1. The Bertz CT molecular complexity index is 447. The van der Waals surface area contributed by atoms with Crippen molar-refractivity contribution in [3.05, 3.63) is 17.5 Å². The normalized spacial score (nSPS) is 23.0. The molecule has 1 atom stereocenters. The van der Waals surface area contributed by atoms with E-state index in [0.717, 1.165) is 18.5 Å². The molecule has 0 aromatic carbocycles. The molecule has 5 heteroatoms. The first-order valence-corrected chi connectivity index (χ1v) is 6.77. The lowest BCUT2D eigenvalue weighted by Crippen LogP contribution is -2.44. The summed E-state index contributed by atoms with van der Waals surface area (Å²) in [6.07, 6.45) is 1.72. The van der Waals surface area contributed by atoms with Gasteiger partial charge < -0.3 is 14.2 Å². The van der Waals surface area contributed by atoms with Crippen molar-refractivity contribution in [2.24, 2.45) is 0 Å². The number of likely N-dealkylation sites (N-methyl/N-ethyl adjacent to an activating group) is 1. The zero-order chi connectivity index (χ0) is 14.0. The number of nitrogens with zero attached hydrogens (tertiary/aromatic N) is 2. The van der Waals surface area contributed by atoms with E-state index in [0.29, 0.717) is 24.8 Å². The van der Waals surface area contributed by atoms with Gasteiger partial charge in [0.15, 0.2) is 5.76 Å². The Labute approximate surface area is 113 Å². The highest BCUT2D eigenvalue weighted by Gasteiger charge is 2.39. The van der Waals surface area contributed by atoms with Gasteiger partial charge in [-0.3, -0.25) is 4.79 Å². The summed E-state index contributed by atoms with van der Waals surface area (Å²) in [5, 5.41) is 4.00. The molecular formula is C14H22N2O3. The molecule has 1 aromatic heterocycles. The van der Waals surface area contributed by atoms with Crippen LogP contribution in [0.25, 0.3) is 0 Å². The smallest absolute Gasteiger partial charge is 0.254 e. The van der Waals surface area contributed by atoms with Gasteiger partial charge in [0.2, 0.25) is 0 Å². The van der Waals surface area contributed by atoms with Crippen LogP contribution in [-0.2, 0) is 16.1 Å². The first kappa shape index (κ1) is 14.1. The Kier molecular flexibility index (Phi) is 3.94. The molecule has 0 bridgehead atoms. The van der Waals surface area contributed by atoms with Crippen molar-refractivity contribution in [3.63, 3.8) is 0 Å². The third-order valence-corrected chi connectivity index (χ3v) is 3.58. The molecule has 19 heavy (non-hydrogen) atoms. The standard InChI is InChI=1S/C14H22N2O3/c1-10(2)12-8-11(19-15-12)9-16(4)13(17)14(3)6-5-7-18-14/h8,10H,5-7,9H2,1-4H3/t14-/m0/s1. The van der Waals surface area contributed by atoms with Gasteiger partial charge in [-0.15, -0.1) is 0 Å². The molecule has 0 N–H and O–H groups in total. The summed E-state index contributed by atoms with van der Waals surface area (Å²) < 4.78 is 10.8. The molecule has 5 nitrogen and oxygen atoms in total. The SMILES string of the molecule is CC(C)c1cc(CN(C)C(=O)[C@]2(C)CCCO2)on1. The third kappa shape index (κ3) is 2.97. The lowest BCUT2D eigenvalue weighted by molar-refractivity contribution is -0.150. The Morgan fingerprint density at radius 3 is 2.84 bits per heavy atom. The van der Waals surface area contributed by atoms with E-state index >= 15 is 0 Å². The average Bonchev–Trinajstić information content (AvgIpc) is 2.98. The van der Waals surface area contributed by atoms with Crippen LogP contribution in [0.1, 0.15) is 51.0 Å². The van der Waals surface area contributed by atoms with Crippen molar-refractivity contribution in [1.82, 2.24) is 10.1 Å². The summed E-state index contributed by atoms with van der Waals surface area (Å²) in [5.41, 5.74) is 0.245. The molecule has 1 aliphatic heterocycles. The minimum atomic E-state index is -0.671. The van der Waals surface area contributed by atoms with Crippen LogP contribution in [0.5, 0.6) is 0 Å². The summed E-state index contributed by atoms with van der Waals surface area (Å²) in [6, 6.07) is 1.91. The lowest BCUT2D eigenvalue weighted by Gasteiger charge is -2.27. The van der Waals surface area contributed by atoms with Crippen molar-refractivity contribution >= 4 is 5.91 Å². The summed E-state index contributed by atoms with van der Waals surface area (Å²) in [6.45, 7) is 7.07. The maximum atomic E-state index is 12.4. The first-order valence-electron chi connectivity index (χ1n) is 6.77. The Morgan fingerprint density at radius 1 is 1.58 bits per heavy atom. The number of carbonyl (C=O) groups is 1. The van der Waals surface area contributed by atoms with Crippen LogP contribution in [-0.4, -0.2) is 35.2 Å². The van der Waals surface area contributed by atoms with Gasteiger partial charge in [0.1, 0.15) is 5.60 Å². The van der Waals surface area contributed by atoms with Gasteiger partial charge in [-0.2, -0.15) is 0 Å². The van der Waals surface area contributed by atoms with Gasteiger partial charge in [-0.25, -0.2) is 0 Å². The molecule has 1 aliphatic rings. The van der Waals surface area contributed by atoms with E-state index in [9.17, 15) is 4.79 Å². The zero-order valence-corrected chi connectivity index (χ0v) is 12.1. The fourth-order valence-corrected chi connectivity index (χ4v) is 2.33. The molecule has 0 spiro atoms. The van der Waals surface area contributed by atoms with Gasteiger partial charge in [0.05, 0.1) is 12.2 Å². The van der Waals surface area contributed by atoms with Crippen LogP contribution < -0.4 is 0 Å². The lowest BCUT2D eigenvalue weighted by atomic mass is 10.0. The van der Waals surface area contributed by atoms with Crippen molar-refractivity contribution in [2.45, 2.75) is 51.7 Å². The maximum Gasteiger partial charge on any atom is 0.254 e. The molecule has 1 amide bonds. The highest BCUT2D eigenvalue weighted by Crippen LogP contribution is 2.27. The summed E-state index contributed by atoms with van der Waals surface area (Å²) >= 11 is 0. The Morgan fingerprint density at radius 2 is 2.32 bits per heavy atom. The summed E-state index contributed by atoms with van der Waals surface area (Å²) in [5.74, 6) is 1.04. The fourth-order valence-electron chi connectivity index (χ4n) is 2.33. The fraction of sp³-hybridized carbons (Fsp3) is 0.714. The molecule has 1 saturated heterocycles. The van der Waals surface area contributed by atoms with Gasteiger partial charge in [-0.1, -0.05) is 19.0 Å². The minimum Gasteiger partial charge on any atom is -0.365 e. The molecule has 106 valence electrons. The second-order valence-electron chi connectivity index (χ2n) is 5.72. The van der Waals surface area contributed by atoms with E-state index < -0.39 is 5.60 Å². The average molecular weight is 266 g/mol. The van der Waals surface area contributed by atoms with Crippen LogP contribution in [0.4, 0.5) is 0 Å². The number of ether oxygens (including phenoxy) is 1. The van der Waals surface area contributed by atoms with Crippen LogP contribution in [0, 0.1) is 0 Å². The van der Waals surface area contributed by atoms with Gasteiger partial charge in [0, 0.05) is 19.7 Å². The van der Waals surface area contributed by atoms with E-state index in [1.165, 1.54) is 0 Å². The number of rotatable bonds is 4. The maximum absolute atomic E-state index is 12.4. The number of hydrogen-bond acceptors (Lipinski definition) is 4. The highest BCUT2D eigenvalue weighted by molar-refractivity contribution is 5.84. The Balaban J connectivity index is 1.99. The molecular weight excluding hydrogens is 244 g/mol. The predicted octanol–water partition coefficient (Wildman–Crippen LogP) is 2.33. The number of carbonyl (C=O) groups excluding carboxylic acids is 1. The molecule has 1 fully saturated rings. The van der Waals surface area contributed by atoms with E-state index in [4.69, 9.17) is 9.26 Å². The summed E-state index contributed by atoms with van der Waals surface area (Å²) in [4.78, 5) is 14.0. The number of hydrogen-bond donors (Lipinski definition) is 0. The van der Waals surface area contributed by atoms with E-state index in [1.807, 2.05) is 13.0 Å². The number of aromatic nitrogens is 1. The van der Waals surface area contributed by atoms with Gasteiger partial charge in [-0.05, 0) is 25.7 Å². The van der Waals surface area contributed by atoms with Crippen LogP contribution in [0.2, 0.25) is 0 Å². The van der Waals surface area contributed by atoms with Gasteiger partial charge in [0.25, 0.3) is 5.91 Å². The quantitative estimate of drug-likeness (QED) is 0.839. The topological polar surface area (TPSA) is 55.6 Å². The largest absolute Gasteiger partial charge is 0.365 e. The molecule has 0 unspecified atom stereocenters. The first-order chi connectivity index (χ1) is 8.92. The molecule has 2 rings (SSSR count). The molecule has 1 aromatic rings. The van der Waals surface area contributed by atoms with E-state index in [1.54, 1.807) is 11.9 Å². The van der Waals surface area contributed by atoms with Crippen LogP contribution >= 0.6 is 0 Å². The minimum absolute atomic E-state index is 0.00694. The van der Waals surface area contributed by atoms with E-state index in [-0.39, 0.29) is 5.91 Å². The van der Waals surface area contributed by atoms with Crippen LogP contribution in [0.3, 0.4) is 0 Å². The molecule has 0 aliphatic carbocycles. The predicted molar refractivity (Wildman–Crippen MR) is 70.7 cm³/mol. The molecule has 0 radical (unpaired) electrons. The van der Waals surface area contributed by atoms with Crippen molar-refractivity contribution < 1.29 is 14.1 Å². The van der Waals surface area contributed by atoms with Crippen molar-refractivity contribution in [3.8, 4) is 0 Å².